The first-order chi connectivity index (χ1) is 7.85. The number of imide groups is 2. The van der Waals surface area contributed by atoms with Gasteiger partial charge in [-0.2, -0.15) is 0 Å². The van der Waals surface area contributed by atoms with E-state index in [4.69, 9.17) is 0 Å². The highest BCUT2D eigenvalue weighted by Crippen LogP contribution is 2.43. The van der Waals surface area contributed by atoms with E-state index in [1.165, 1.54) is 7.05 Å². The Hall–Kier alpha value is -2.25. The van der Waals surface area contributed by atoms with Crippen LogP contribution < -0.4 is 0 Å². The van der Waals surface area contributed by atoms with Gasteiger partial charge >= 0.3 is 5.97 Å². The second-order valence-electron chi connectivity index (χ2n) is 3.72. The van der Waals surface area contributed by atoms with Crippen LogP contribution in [-0.4, -0.2) is 53.2 Å². The van der Waals surface area contributed by atoms with Crippen LogP contribution in [0.3, 0.4) is 0 Å². The van der Waals surface area contributed by atoms with Crippen molar-refractivity contribution in [2.75, 3.05) is 13.8 Å². The SMILES string of the molecule is CC(=O)OCN1C(=O)C2(C(=O)N(C)C2=O)C1=O. The van der Waals surface area contributed by atoms with Crippen molar-refractivity contribution in [1.29, 1.82) is 0 Å². The van der Waals surface area contributed by atoms with E-state index in [9.17, 15) is 24.0 Å². The summed E-state index contributed by atoms with van der Waals surface area (Å²) in [4.78, 5) is 57.8. The van der Waals surface area contributed by atoms with Crippen LogP contribution in [0.5, 0.6) is 0 Å². The predicted molar refractivity (Wildman–Crippen MR) is 48.7 cm³/mol. The zero-order chi connectivity index (χ0) is 13.0. The summed E-state index contributed by atoms with van der Waals surface area (Å²) >= 11 is 0. The Morgan fingerprint density at radius 3 is 2.00 bits per heavy atom. The van der Waals surface area contributed by atoms with E-state index in [-0.39, 0.29) is 0 Å². The van der Waals surface area contributed by atoms with Gasteiger partial charge in [-0.3, -0.25) is 28.9 Å². The molecule has 2 fully saturated rings. The van der Waals surface area contributed by atoms with Gasteiger partial charge in [0.05, 0.1) is 0 Å². The molecule has 8 nitrogen and oxygen atoms in total. The van der Waals surface area contributed by atoms with Gasteiger partial charge in [0.25, 0.3) is 29.0 Å². The largest absolute Gasteiger partial charge is 0.444 e. The van der Waals surface area contributed by atoms with Gasteiger partial charge in [0.2, 0.25) is 0 Å². The topological polar surface area (TPSA) is 101 Å². The molecule has 0 aromatic carbocycles. The maximum Gasteiger partial charge on any atom is 0.304 e. The van der Waals surface area contributed by atoms with Gasteiger partial charge in [-0.05, 0) is 0 Å². The lowest BCUT2D eigenvalue weighted by Crippen LogP contribution is -2.83. The predicted octanol–water partition coefficient (Wildman–Crippen LogP) is -2.14. The van der Waals surface area contributed by atoms with Crippen LogP contribution in [0.25, 0.3) is 0 Å². The molecule has 4 amide bonds. The molecule has 0 aromatic heterocycles. The molecule has 2 aliphatic rings. The van der Waals surface area contributed by atoms with Gasteiger partial charge < -0.3 is 4.74 Å². The lowest BCUT2D eigenvalue weighted by atomic mass is 9.69. The van der Waals surface area contributed by atoms with E-state index in [2.05, 4.69) is 4.74 Å². The standard InChI is InChI=1S/C9H8N2O6/c1-4(12)17-3-11-7(15)9(8(11)16)5(13)10(2)6(9)14/h3H2,1-2H3. The number of hydrogen-bond acceptors (Lipinski definition) is 6. The zero-order valence-corrected chi connectivity index (χ0v) is 9.05. The van der Waals surface area contributed by atoms with Crippen molar-refractivity contribution in [3.63, 3.8) is 0 Å². The summed E-state index contributed by atoms with van der Waals surface area (Å²) in [5, 5.41) is 0. The smallest absolute Gasteiger partial charge is 0.304 e. The Balaban J connectivity index is 2.15. The average Bonchev–Trinajstić information content (AvgIpc) is 2.28. The molecule has 0 N–H and O–H groups in total. The van der Waals surface area contributed by atoms with Crippen molar-refractivity contribution in [3.8, 4) is 0 Å². The molecule has 0 atom stereocenters. The molecule has 0 bridgehead atoms. The van der Waals surface area contributed by atoms with E-state index >= 15 is 0 Å². The monoisotopic (exact) mass is 240 g/mol. The Labute approximate surface area is 95.1 Å². The number of carbonyl (C=O) groups is 5. The van der Waals surface area contributed by atoms with Crippen LogP contribution >= 0.6 is 0 Å². The first kappa shape index (κ1) is 11.2. The number of nitrogens with zero attached hydrogens (tertiary/aromatic N) is 2. The second-order valence-corrected chi connectivity index (χ2v) is 3.72. The maximum atomic E-state index is 11.6. The summed E-state index contributed by atoms with van der Waals surface area (Å²) in [5.74, 6) is -4.21. The third-order valence-corrected chi connectivity index (χ3v) is 2.78. The van der Waals surface area contributed by atoms with E-state index in [1.54, 1.807) is 0 Å². The molecule has 90 valence electrons. The minimum Gasteiger partial charge on any atom is -0.444 e. The van der Waals surface area contributed by atoms with Crippen molar-refractivity contribution in [3.05, 3.63) is 0 Å². The molecule has 0 aromatic rings. The molecule has 2 aliphatic heterocycles. The Morgan fingerprint density at radius 2 is 1.59 bits per heavy atom. The second kappa shape index (κ2) is 3.12. The van der Waals surface area contributed by atoms with Gasteiger partial charge in [-0.25, -0.2) is 4.90 Å². The van der Waals surface area contributed by atoms with E-state index < -0.39 is 41.7 Å². The fraction of sp³-hybridized carbons (Fsp3) is 0.444. The Kier molecular flexibility index (Phi) is 2.07. The van der Waals surface area contributed by atoms with E-state index in [0.29, 0.717) is 9.80 Å². The number of rotatable bonds is 2. The van der Waals surface area contributed by atoms with Crippen LogP contribution in [0.1, 0.15) is 6.92 Å². The highest BCUT2D eigenvalue weighted by molar-refractivity contribution is 6.52. The minimum absolute atomic E-state index is 0.560. The highest BCUT2D eigenvalue weighted by Gasteiger charge is 2.79. The molecule has 0 unspecified atom stereocenters. The van der Waals surface area contributed by atoms with Gasteiger partial charge in [-0.1, -0.05) is 0 Å². The third-order valence-electron chi connectivity index (χ3n) is 2.78. The summed E-state index contributed by atoms with van der Waals surface area (Å²) in [6, 6.07) is 0. The molecule has 2 heterocycles. The summed E-state index contributed by atoms with van der Waals surface area (Å²) in [7, 11) is 1.19. The van der Waals surface area contributed by atoms with E-state index in [1.807, 2.05) is 0 Å². The Bertz CT molecular complexity index is 448. The number of hydrogen-bond donors (Lipinski definition) is 0. The first-order valence-electron chi connectivity index (χ1n) is 4.67. The fourth-order valence-electron chi connectivity index (χ4n) is 1.81. The maximum absolute atomic E-state index is 11.6. The molecule has 2 saturated heterocycles. The van der Waals surface area contributed by atoms with Crippen LogP contribution in [0.4, 0.5) is 0 Å². The van der Waals surface area contributed by atoms with Gasteiger partial charge in [0.1, 0.15) is 0 Å². The number of carbonyl (C=O) groups excluding carboxylic acids is 5. The third kappa shape index (κ3) is 1.04. The summed E-state index contributed by atoms with van der Waals surface area (Å²) in [6.07, 6.45) is 0. The van der Waals surface area contributed by atoms with Crippen LogP contribution in [0.2, 0.25) is 0 Å². The van der Waals surface area contributed by atoms with Crippen LogP contribution in [0.15, 0.2) is 0 Å². The van der Waals surface area contributed by atoms with Crippen molar-refractivity contribution in [2.24, 2.45) is 5.41 Å². The van der Waals surface area contributed by atoms with Crippen molar-refractivity contribution in [1.82, 2.24) is 9.80 Å². The number of likely N-dealkylation sites (tertiary alicyclic amines) is 2. The van der Waals surface area contributed by atoms with Gasteiger partial charge in [0.15, 0.2) is 6.73 Å². The van der Waals surface area contributed by atoms with Crippen molar-refractivity contribution in [2.45, 2.75) is 6.92 Å². The average molecular weight is 240 g/mol. The van der Waals surface area contributed by atoms with Crippen molar-refractivity contribution < 1.29 is 28.7 Å². The zero-order valence-electron chi connectivity index (χ0n) is 9.05. The van der Waals surface area contributed by atoms with Crippen LogP contribution in [0, 0.1) is 5.41 Å². The van der Waals surface area contributed by atoms with Crippen LogP contribution in [-0.2, 0) is 28.7 Å². The Morgan fingerprint density at radius 1 is 1.12 bits per heavy atom. The fourth-order valence-corrected chi connectivity index (χ4v) is 1.81. The van der Waals surface area contributed by atoms with Gasteiger partial charge in [0, 0.05) is 14.0 Å². The summed E-state index contributed by atoms with van der Waals surface area (Å²) < 4.78 is 4.45. The molecule has 0 radical (unpaired) electrons. The number of β-lactam (4-membered cyclic amide) rings is 4. The molecular weight excluding hydrogens is 232 g/mol. The summed E-state index contributed by atoms with van der Waals surface area (Å²) in [5.41, 5.74) is -2.19. The van der Waals surface area contributed by atoms with Crippen molar-refractivity contribution >= 4 is 29.6 Å². The lowest BCUT2D eigenvalue weighted by molar-refractivity contribution is -0.202. The quantitative estimate of drug-likeness (QED) is 0.310. The molecule has 0 aliphatic carbocycles. The minimum atomic E-state index is -2.19. The molecule has 2 rings (SSSR count). The highest BCUT2D eigenvalue weighted by atomic mass is 16.5. The van der Waals surface area contributed by atoms with Gasteiger partial charge in [-0.15, -0.1) is 0 Å². The summed E-state index contributed by atoms with van der Waals surface area (Å²) in [6.45, 7) is 0.539. The molecule has 17 heavy (non-hydrogen) atoms. The van der Waals surface area contributed by atoms with E-state index in [0.717, 1.165) is 6.92 Å². The number of ether oxygens (including phenoxy) is 1. The molecule has 0 saturated carbocycles. The normalized spacial score (nSPS) is 21.5. The first-order valence-corrected chi connectivity index (χ1v) is 4.67. The number of esters is 1. The number of amides is 4. The molecular formula is C9H8N2O6. The molecule has 8 heteroatoms. The lowest BCUT2D eigenvalue weighted by Gasteiger charge is -2.50. The molecule has 1 spiro atoms.